The van der Waals surface area contributed by atoms with Crippen molar-refractivity contribution in [3.63, 3.8) is 0 Å². The summed E-state index contributed by atoms with van der Waals surface area (Å²) in [4.78, 5) is 4.38. The van der Waals surface area contributed by atoms with Crippen LogP contribution >= 0.6 is 34.5 Å². The van der Waals surface area contributed by atoms with E-state index < -0.39 is 0 Å². The van der Waals surface area contributed by atoms with Crippen LogP contribution in [0.15, 0.2) is 29.6 Å². The summed E-state index contributed by atoms with van der Waals surface area (Å²) in [6, 6.07) is 7.29. The van der Waals surface area contributed by atoms with Gasteiger partial charge in [0.15, 0.2) is 0 Å². The minimum atomic E-state index is -0.0851. The molecule has 0 spiro atoms. The van der Waals surface area contributed by atoms with Crippen LogP contribution < -0.4 is 4.74 Å². The van der Waals surface area contributed by atoms with Gasteiger partial charge in [0.1, 0.15) is 16.9 Å². The van der Waals surface area contributed by atoms with E-state index in [9.17, 15) is 0 Å². The Labute approximate surface area is 114 Å². The standard InChI is InChI=1S/C12H11Cl2NOS/c1-8(12-15-10(6-13)7-17-12)16-11-4-2-9(14)3-5-11/h2-5,7-8H,6H2,1H3. The van der Waals surface area contributed by atoms with Gasteiger partial charge in [-0.3, -0.25) is 0 Å². The Balaban J connectivity index is 2.05. The highest BCUT2D eigenvalue weighted by Gasteiger charge is 2.11. The number of alkyl halides is 1. The molecule has 0 amide bonds. The van der Waals surface area contributed by atoms with E-state index in [-0.39, 0.29) is 6.10 Å². The summed E-state index contributed by atoms with van der Waals surface area (Å²) in [5.41, 5.74) is 0.887. The maximum atomic E-state index is 5.81. The number of nitrogens with zero attached hydrogens (tertiary/aromatic N) is 1. The number of thiazole rings is 1. The van der Waals surface area contributed by atoms with E-state index in [4.69, 9.17) is 27.9 Å². The van der Waals surface area contributed by atoms with Gasteiger partial charge < -0.3 is 4.74 Å². The van der Waals surface area contributed by atoms with Crippen molar-refractivity contribution in [3.05, 3.63) is 45.4 Å². The normalized spacial score (nSPS) is 12.4. The highest BCUT2D eigenvalue weighted by Crippen LogP contribution is 2.25. The molecule has 1 atom stereocenters. The Hall–Kier alpha value is -0.770. The third-order valence-corrected chi connectivity index (χ3v) is 3.76. The van der Waals surface area contributed by atoms with Crippen molar-refractivity contribution in [2.75, 3.05) is 0 Å². The Morgan fingerprint density at radius 3 is 2.65 bits per heavy atom. The lowest BCUT2D eigenvalue weighted by atomic mass is 10.3. The molecule has 1 heterocycles. The molecular weight excluding hydrogens is 277 g/mol. The van der Waals surface area contributed by atoms with Gasteiger partial charge in [-0.1, -0.05) is 11.6 Å². The maximum absolute atomic E-state index is 5.81. The van der Waals surface area contributed by atoms with E-state index >= 15 is 0 Å². The van der Waals surface area contributed by atoms with Crippen molar-refractivity contribution in [1.82, 2.24) is 4.98 Å². The summed E-state index contributed by atoms with van der Waals surface area (Å²) in [6.07, 6.45) is -0.0851. The van der Waals surface area contributed by atoms with Gasteiger partial charge in [-0.2, -0.15) is 0 Å². The zero-order valence-corrected chi connectivity index (χ0v) is 11.5. The average Bonchev–Trinajstić information content (AvgIpc) is 2.81. The molecule has 17 heavy (non-hydrogen) atoms. The summed E-state index contributed by atoms with van der Waals surface area (Å²) in [7, 11) is 0. The third-order valence-electron chi connectivity index (χ3n) is 2.18. The molecule has 0 N–H and O–H groups in total. The number of hydrogen-bond donors (Lipinski definition) is 0. The molecule has 2 nitrogen and oxygen atoms in total. The quantitative estimate of drug-likeness (QED) is 0.762. The highest BCUT2D eigenvalue weighted by atomic mass is 35.5. The summed E-state index contributed by atoms with van der Waals surface area (Å²) in [6.45, 7) is 1.96. The van der Waals surface area contributed by atoms with E-state index in [0.717, 1.165) is 16.5 Å². The van der Waals surface area contributed by atoms with Crippen LogP contribution in [0.4, 0.5) is 0 Å². The molecule has 0 bridgehead atoms. The second-order valence-electron chi connectivity index (χ2n) is 3.52. The van der Waals surface area contributed by atoms with Crippen LogP contribution in [0.25, 0.3) is 0 Å². The predicted molar refractivity (Wildman–Crippen MR) is 72.2 cm³/mol. The minimum absolute atomic E-state index is 0.0851. The highest BCUT2D eigenvalue weighted by molar-refractivity contribution is 7.09. The molecule has 0 fully saturated rings. The number of benzene rings is 1. The molecule has 5 heteroatoms. The van der Waals surface area contributed by atoms with Gasteiger partial charge in [0.2, 0.25) is 0 Å². The third kappa shape index (κ3) is 3.35. The van der Waals surface area contributed by atoms with Gasteiger partial charge >= 0.3 is 0 Å². The number of rotatable bonds is 4. The van der Waals surface area contributed by atoms with E-state index in [1.165, 1.54) is 0 Å². The fourth-order valence-electron chi connectivity index (χ4n) is 1.34. The second-order valence-corrected chi connectivity index (χ2v) is 5.12. The van der Waals surface area contributed by atoms with Crippen molar-refractivity contribution in [3.8, 4) is 5.75 Å². The molecule has 2 aromatic rings. The predicted octanol–water partition coefficient (Wildman–Crippen LogP) is 4.68. The first-order valence-corrected chi connectivity index (χ1v) is 6.90. The van der Waals surface area contributed by atoms with Crippen LogP contribution in [0.2, 0.25) is 5.02 Å². The van der Waals surface area contributed by atoms with Gasteiger partial charge in [-0.25, -0.2) is 4.98 Å². The Morgan fingerprint density at radius 2 is 2.06 bits per heavy atom. The fraction of sp³-hybridized carbons (Fsp3) is 0.250. The first-order valence-electron chi connectivity index (χ1n) is 5.11. The van der Waals surface area contributed by atoms with Crippen molar-refractivity contribution in [2.45, 2.75) is 18.9 Å². The van der Waals surface area contributed by atoms with E-state index in [1.54, 1.807) is 23.5 Å². The molecule has 0 saturated carbocycles. The summed E-state index contributed by atoms with van der Waals surface area (Å²) in [5.74, 6) is 1.22. The van der Waals surface area contributed by atoms with Gasteiger partial charge in [-0.05, 0) is 31.2 Å². The number of hydrogen-bond acceptors (Lipinski definition) is 3. The molecule has 1 unspecified atom stereocenters. The van der Waals surface area contributed by atoms with Crippen molar-refractivity contribution in [1.29, 1.82) is 0 Å². The van der Waals surface area contributed by atoms with E-state index in [0.29, 0.717) is 10.9 Å². The van der Waals surface area contributed by atoms with E-state index in [1.807, 2.05) is 24.4 Å². The molecule has 0 aliphatic carbocycles. The van der Waals surface area contributed by atoms with Crippen LogP contribution in [-0.2, 0) is 5.88 Å². The largest absolute Gasteiger partial charge is 0.484 e. The van der Waals surface area contributed by atoms with Crippen molar-refractivity contribution in [2.24, 2.45) is 0 Å². The topological polar surface area (TPSA) is 22.1 Å². The molecule has 0 aliphatic heterocycles. The average molecular weight is 288 g/mol. The minimum Gasteiger partial charge on any atom is -0.484 e. The summed E-state index contributed by atoms with van der Waals surface area (Å²) in [5, 5.41) is 3.57. The van der Waals surface area contributed by atoms with Gasteiger partial charge in [0, 0.05) is 10.4 Å². The second kappa shape index (κ2) is 5.71. The number of ether oxygens (including phenoxy) is 1. The monoisotopic (exact) mass is 287 g/mol. The molecular formula is C12H11Cl2NOS. The van der Waals surface area contributed by atoms with Gasteiger partial charge in [0.05, 0.1) is 11.6 Å². The summed E-state index contributed by atoms with van der Waals surface area (Å²) < 4.78 is 5.76. The lowest BCUT2D eigenvalue weighted by Crippen LogP contribution is -2.02. The zero-order chi connectivity index (χ0) is 12.3. The Kier molecular flexibility index (Phi) is 4.26. The van der Waals surface area contributed by atoms with Crippen LogP contribution in [0, 0.1) is 0 Å². The van der Waals surface area contributed by atoms with Crippen LogP contribution in [0.5, 0.6) is 5.75 Å². The molecule has 1 aromatic carbocycles. The smallest absolute Gasteiger partial charge is 0.147 e. The van der Waals surface area contributed by atoms with Gasteiger partial charge in [0.25, 0.3) is 0 Å². The van der Waals surface area contributed by atoms with E-state index in [2.05, 4.69) is 4.98 Å². The zero-order valence-electron chi connectivity index (χ0n) is 9.19. The molecule has 0 aliphatic rings. The Morgan fingerprint density at radius 1 is 1.35 bits per heavy atom. The first kappa shape index (κ1) is 12.7. The lowest BCUT2D eigenvalue weighted by molar-refractivity contribution is 0.226. The molecule has 90 valence electrons. The van der Waals surface area contributed by atoms with Crippen LogP contribution in [0.1, 0.15) is 23.7 Å². The van der Waals surface area contributed by atoms with Gasteiger partial charge in [-0.15, -0.1) is 22.9 Å². The molecule has 0 saturated heterocycles. The van der Waals surface area contributed by atoms with Crippen LogP contribution in [-0.4, -0.2) is 4.98 Å². The van der Waals surface area contributed by atoms with Crippen molar-refractivity contribution >= 4 is 34.5 Å². The van der Waals surface area contributed by atoms with Crippen LogP contribution in [0.3, 0.4) is 0 Å². The summed E-state index contributed by atoms with van der Waals surface area (Å²) >= 11 is 13.1. The molecule has 2 rings (SSSR count). The first-order chi connectivity index (χ1) is 8.19. The Bertz CT molecular complexity index is 484. The lowest BCUT2D eigenvalue weighted by Gasteiger charge is -2.11. The van der Waals surface area contributed by atoms with Crippen molar-refractivity contribution < 1.29 is 4.74 Å². The fourth-order valence-corrected chi connectivity index (χ4v) is 2.50. The molecule has 0 radical (unpaired) electrons. The SMILES string of the molecule is CC(Oc1ccc(Cl)cc1)c1nc(CCl)cs1. The maximum Gasteiger partial charge on any atom is 0.147 e. The molecule has 1 aromatic heterocycles. The number of halogens is 2. The number of aromatic nitrogens is 1.